The van der Waals surface area contributed by atoms with Gasteiger partial charge < -0.3 is 25.3 Å². The molecule has 0 bridgehead atoms. The lowest BCUT2D eigenvalue weighted by molar-refractivity contribution is -0.138. The van der Waals surface area contributed by atoms with E-state index < -0.39 is 29.7 Å². The molecular formula is C34H43FN6O4S. The van der Waals surface area contributed by atoms with Gasteiger partial charge in [0.05, 0.1) is 16.1 Å². The zero-order chi connectivity index (χ0) is 32.8. The number of carbonyl (C=O) groups is 4. The third-order valence-electron chi connectivity index (χ3n) is 9.41. The van der Waals surface area contributed by atoms with Gasteiger partial charge in [-0.3, -0.25) is 24.2 Å². The van der Waals surface area contributed by atoms with Crippen LogP contribution in [0.5, 0.6) is 0 Å². The molecule has 1 saturated heterocycles. The van der Waals surface area contributed by atoms with Crippen LogP contribution in [0, 0.1) is 11.7 Å². The third kappa shape index (κ3) is 7.39. The molecule has 2 aliphatic rings. The quantitative estimate of drug-likeness (QED) is 0.290. The van der Waals surface area contributed by atoms with Crippen molar-refractivity contribution in [1.82, 2.24) is 20.1 Å². The Morgan fingerprint density at radius 2 is 1.87 bits per heavy atom. The molecule has 3 aromatic rings. The van der Waals surface area contributed by atoms with Crippen LogP contribution in [-0.2, 0) is 19.2 Å². The Morgan fingerprint density at radius 1 is 1.13 bits per heavy atom. The molecule has 1 aromatic carbocycles. The van der Waals surface area contributed by atoms with Crippen molar-refractivity contribution in [2.75, 3.05) is 43.4 Å². The van der Waals surface area contributed by atoms with Gasteiger partial charge in [-0.15, -0.1) is 11.3 Å². The summed E-state index contributed by atoms with van der Waals surface area (Å²) in [6, 6.07) is 4.64. The van der Waals surface area contributed by atoms with E-state index in [0.717, 1.165) is 55.3 Å². The summed E-state index contributed by atoms with van der Waals surface area (Å²) in [4.78, 5) is 62.1. The molecule has 4 amide bonds. The van der Waals surface area contributed by atoms with Crippen molar-refractivity contribution in [2.45, 2.75) is 70.4 Å². The summed E-state index contributed by atoms with van der Waals surface area (Å²) in [6.07, 6.45) is 8.88. The number of anilines is 2. The number of likely N-dealkylation sites (N-methyl/N-ethyl adjacent to an activating group) is 1. The van der Waals surface area contributed by atoms with E-state index in [1.807, 2.05) is 18.5 Å². The van der Waals surface area contributed by atoms with E-state index in [-0.39, 0.29) is 29.8 Å². The highest BCUT2D eigenvalue weighted by Crippen LogP contribution is 2.37. The number of thiophene rings is 1. The molecule has 5 rings (SSSR count). The van der Waals surface area contributed by atoms with Crippen molar-refractivity contribution in [3.8, 4) is 0 Å². The lowest BCUT2D eigenvalue weighted by Crippen LogP contribution is -2.55. The molecule has 3 atom stereocenters. The number of nitrogens with one attached hydrogen (secondary N) is 2. The van der Waals surface area contributed by atoms with Crippen LogP contribution in [-0.4, -0.2) is 84.2 Å². The van der Waals surface area contributed by atoms with Gasteiger partial charge in [-0.1, -0.05) is 39.2 Å². The SMILES string of the molecule is CCC(=O)N[C@@H](C(=O)N1CCN(C)CC1)[C@@H](C)c1ccc(NC(=O)[C@H](C2CCCCC2)N(C=O)c2csc3cnccc23)c(F)c1. The average Bonchev–Trinajstić information content (AvgIpc) is 3.50. The third-order valence-corrected chi connectivity index (χ3v) is 10.3. The number of halogens is 1. The number of hydrogen-bond acceptors (Lipinski definition) is 7. The molecule has 0 spiro atoms. The number of piperazine rings is 1. The highest BCUT2D eigenvalue weighted by Gasteiger charge is 2.37. The number of hydrogen-bond donors (Lipinski definition) is 2. The van der Waals surface area contributed by atoms with Crippen molar-refractivity contribution in [1.29, 1.82) is 0 Å². The molecule has 0 unspecified atom stereocenters. The van der Waals surface area contributed by atoms with E-state index >= 15 is 4.39 Å². The van der Waals surface area contributed by atoms with E-state index in [4.69, 9.17) is 0 Å². The zero-order valence-electron chi connectivity index (χ0n) is 26.7. The molecule has 2 fully saturated rings. The molecule has 1 aliphatic heterocycles. The number of benzene rings is 1. The summed E-state index contributed by atoms with van der Waals surface area (Å²) in [5.41, 5.74) is 1.15. The topological polar surface area (TPSA) is 115 Å². The van der Waals surface area contributed by atoms with Crippen LogP contribution in [0.1, 0.15) is 63.9 Å². The summed E-state index contributed by atoms with van der Waals surface area (Å²) in [7, 11) is 2.00. The predicted molar refractivity (Wildman–Crippen MR) is 178 cm³/mol. The van der Waals surface area contributed by atoms with Crippen molar-refractivity contribution < 1.29 is 23.6 Å². The number of fused-ring (bicyclic) bond motifs is 1. The Hall–Kier alpha value is -3.90. The number of rotatable bonds is 11. The van der Waals surface area contributed by atoms with Gasteiger partial charge in [-0.2, -0.15) is 0 Å². The maximum atomic E-state index is 15.7. The van der Waals surface area contributed by atoms with Crippen LogP contribution in [0.25, 0.3) is 10.1 Å². The fraction of sp³-hybridized carbons (Fsp3) is 0.500. The lowest BCUT2D eigenvalue weighted by Gasteiger charge is -2.36. The van der Waals surface area contributed by atoms with Gasteiger partial charge in [-0.25, -0.2) is 4.39 Å². The first kappa shape index (κ1) is 33.5. The smallest absolute Gasteiger partial charge is 0.247 e. The molecule has 0 radical (unpaired) electrons. The van der Waals surface area contributed by atoms with Crippen LogP contribution in [0.2, 0.25) is 0 Å². The first-order valence-electron chi connectivity index (χ1n) is 16.1. The van der Waals surface area contributed by atoms with Crippen molar-refractivity contribution in [2.24, 2.45) is 5.92 Å². The highest BCUT2D eigenvalue weighted by molar-refractivity contribution is 7.17. The Kier molecular flexibility index (Phi) is 11.0. The van der Waals surface area contributed by atoms with Crippen LogP contribution in [0.3, 0.4) is 0 Å². The lowest BCUT2D eigenvalue weighted by atomic mass is 9.82. The molecule has 1 aliphatic carbocycles. The van der Waals surface area contributed by atoms with Gasteiger partial charge in [0.25, 0.3) is 0 Å². The minimum Gasteiger partial charge on any atom is -0.344 e. The number of pyridine rings is 1. The Labute approximate surface area is 273 Å². The molecule has 3 heterocycles. The van der Waals surface area contributed by atoms with Gasteiger partial charge >= 0.3 is 0 Å². The van der Waals surface area contributed by atoms with E-state index in [9.17, 15) is 19.2 Å². The standard InChI is InChI=1S/C34H43FN6O4S/c1-4-30(43)38-31(34(45)40-16-14-39(3)15-17-40)22(2)24-10-11-27(26(35)18-24)37-33(44)32(23-8-6-5-7-9-23)41(21-42)28-20-46-29-19-36-13-12-25(28)29/h10-13,18-23,31-32H,4-9,14-17H2,1-3H3,(H,37,44)(H,38,43)/t22-,31+,32-/m0/s1. The van der Waals surface area contributed by atoms with Gasteiger partial charge in [0.2, 0.25) is 24.1 Å². The molecule has 2 N–H and O–H groups in total. The van der Waals surface area contributed by atoms with Gasteiger partial charge in [-0.05, 0) is 49.6 Å². The summed E-state index contributed by atoms with van der Waals surface area (Å²) in [5, 5.41) is 8.33. The largest absolute Gasteiger partial charge is 0.344 e. The predicted octanol–water partition coefficient (Wildman–Crippen LogP) is 4.76. The Morgan fingerprint density at radius 3 is 2.54 bits per heavy atom. The van der Waals surface area contributed by atoms with Crippen LogP contribution >= 0.6 is 11.3 Å². The van der Waals surface area contributed by atoms with Crippen LogP contribution in [0.15, 0.2) is 42.0 Å². The van der Waals surface area contributed by atoms with E-state index in [1.165, 1.54) is 28.4 Å². The van der Waals surface area contributed by atoms with E-state index in [1.54, 1.807) is 37.2 Å². The van der Waals surface area contributed by atoms with Gasteiger partial charge in [0.1, 0.15) is 17.9 Å². The second kappa shape index (κ2) is 15.1. The minimum absolute atomic E-state index is 0.00785. The first-order valence-corrected chi connectivity index (χ1v) is 17.0. The maximum Gasteiger partial charge on any atom is 0.247 e. The number of aromatic nitrogens is 1. The molecule has 2 aromatic heterocycles. The normalized spacial score (nSPS) is 18.0. The molecule has 246 valence electrons. The molecule has 10 nitrogen and oxygen atoms in total. The molecule has 46 heavy (non-hydrogen) atoms. The molecule has 12 heteroatoms. The van der Waals surface area contributed by atoms with E-state index in [0.29, 0.717) is 30.8 Å². The van der Waals surface area contributed by atoms with Crippen molar-refractivity contribution in [3.63, 3.8) is 0 Å². The number of amides is 4. The average molecular weight is 651 g/mol. The Balaban J connectivity index is 1.38. The van der Waals surface area contributed by atoms with Crippen LogP contribution < -0.4 is 15.5 Å². The fourth-order valence-electron chi connectivity index (χ4n) is 6.57. The van der Waals surface area contributed by atoms with Gasteiger partial charge in [0.15, 0.2) is 0 Å². The summed E-state index contributed by atoms with van der Waals surface area (Å²) in [5.74, 6) is -2.17. The van der Waals surface area contributed by atoms with Gasteiger partial charge in [0, 0.05) is 61.7 Å². The Bertz CT molecular complexity index is 1550. The summed E-state index contributed by atoms with van der Waals surface area (Å²) >= 11 is 1.45. The number of nitrogens with zero attached hydrogens (tertiary/aromatic N) is 4. The molecule has 1 saturated carbocycles. The van der Waals surface area contributed by atoms with Crippen molar-refractivity contribution >= 4 is 56.9 Å². The number of carbonyl (C=O) groups excluding carboxylic acids is 4. The van der Waals surface area contributed by atoms with Crippen molar-refractivity contribution in [3.05, 3.63) is 53.4 Å². The summed E-state index contributed by atoms with van der Waals surface area (Å²) < 4.78 is 16.6. The minimum atomic E-state index is -0.858. The zero-order valence-corrected chi connectivity index (χ0v) is 27.5. The highest BCUT2D eigenvalue weighted by atomic mass is 32.1. The maximum absolute atomic E-state index is 15.7. The second-order valence-corrected chi connectivity index (χ2v) is 13.3. The summed E-state index contributed by atoms with van der Waals surface area (Å²) in [6.45, 7) is 6.10. The molecular weight excluding hydrogens is 607 g/mol. The van der Waals surface area contributed by atoms with E-state index in [2.05, 4.69) is 20.5 Å². The monoisotopic (exact) mass is 650 g/mol. The second-order valence-electron chi connectivity index (χ2n) is 12.4. The van der Waals surface area contributed by atoms with Crippen LogP contribution in [0.4, 0.5) is 15.8 Å². The first-order chi connectivity index (χ1) is 22.2. The fourth-order valence-corrected chi connectivity index (χ4v) is 7.48.